The highest BCUT2D eigenvalue weighted by Gasteiger charge is 2.29. The van der Waals surface area contributed by atoms with E-state index in [0.29, 0.717) is 12.3 Å². The number of fused-ring (bicyclic) bond motifs is 1. The van der Waals surface area contributed by atoms with Gasteiger partial charge in [-0.3, -0.25) is 10.1 Å². The smallest absolute Gasteiger partial charge is 0.373 e. The van der Waals surface area contributed by atoms with E-state index in [2.05, 4.69) is 9.97 Å². The molecule has 4 aromatic rings. The van der Waals surface area contributed by atoms with Crippen LogP contribution in [0.5, 0.6) is 11.6 Å². The Bertz CT molecular complexity index is 1200. The third kappa shape index (κ3) is 3.65. The maximum atomic E-state index is 12.0. The Hall–Kier alpha value is -4.00. The average Bonchev–Trinajstić information content (AvgIpc) is 2.76. The van der Waals surface area contributed by atoms with Crippen LogP contribution >= 0.6 is 0 Å². The molecule has 1 aromatic heterocycles. The number of rotatable bonds is 6. The van der Waals surface area contributed by atoms with Crippen LogP contribution in [0, 0.1) is 17.0 Å². The third-order valence-electron chi connectivity index (χ3n) is 4.82. The van der Waals surface area contributed by atoms with E-state index in [1.54, 1.807) is 12.1 Å². The molecule has 0 N–H and O–H groups in total. The van der Waals surface area contributed by atoms with Crippen molar-refractivity contribution in [1.82, 2.24) is 9.97 Å². The molecule has 0 amide bonds. The van der Waals surface area contributed by atoms with E-state index in [4.69, 9.17) is 4.74 Å². The predicted octanol–water partition coefficient (Wildman–Crippen LogP) is 5.80. The van der Waals surface area contributed by atoms with Crippen molar-refractivity contribution in [2.75, 3.05) is 11.4 Å². The molecule has 0 aliphatic rings. The highest BCUT2D eigenvalue weighted by Crippen LogP contribution is 2.40. The van der Waals surface area contributed by atoms with E-state index in [0.717, 1.165) is 22.0 Å². The molecule has 0 bridgehead atoms. The summed E-state index contributed by atoms with van der Waals surface area (Å²) in [6, 6.07) is 21.0. The summed E-state index contributed by atoms with van der Waals surface area (Å²) in [5, 5.41) is 14.0. The van der Waals surface area contributed by atoms with E-state index in [1.165, 1.54) is 6.33 Å². The number of nitrogens with zero attached hydrogens (tertiary/aromatic N) is 4. The van der Waals surface area contributed by atoms with Gasteiger partial charge < -0.3 is 9.64 Å². The zero-order valence-electron chi connectivity index (χ0n) is 16.6. The van der Waals surface area contributed by atoms with Crippen molar-refractivity contribution in [2.24, 2.45) is 0 Å². The maximum Gasteiger partial charge on any atom is 0.373 e. The van der Waals surface area contributed by atoms with Gasteiger partial charge in [0.15, 0.2) is 0 Å². The van der Waals surface area contributed by atoms with Gasteiger partial charge in [0.05, 0.1) is 10.6 Å². The Balaban J connectivity index is 1.84. The van der Waals surface area contributed by atoms with Crippen LogP contribution < -0.4 is 9.64 Å². The van der Waals surface area contributed by atoms with Crippen molar-refractivity contribution in [3.05, 3.63) is 88.7 Å². The number of aromatic nitrogens is 2. The molecule has 4 rings (SSSR count). The summed E-state index contributed by atoms with van der Waals surface area (Å²) in [7, 11) is 0. The fraction of sp³-hybridized carbons (Fsp3) is 0.130. The normalized spacial score (nSPS) is 10.7. The SMILES string of the molecule is CCN(c1ncnc(Oc2ccc(C)cc2)c1[N+](=O)[O-])c1cccc2ccccc12. The first-order chi connectivity index (χ1) is 14.6. The van der Waals surface area contributed by atoms with Crippen LogP contribution in [0.4, 0.5) is 17.2 Å². The van der Waals surface area contributed by atoms with Crippen LogP contribution in [0.25, 0.3) is 10.8 Å². The van der Waals surface area contributed by atoms with Crippen LogP contribution in [0.2, 0.25) is 0 Å². The summed E-state index contributed by atoms with van der Waals surface area (Å²) in [4.78, 5) is 21.7. The Kier molecular flexibility index (Phi) is 5.26. The van der Waals surface area contributed by atoms with Crippen molar-refractivity contribution < 1.29 is 9.66 Å². The van der Waals surface area contributed by atoms with Gasteiger partial charge in [0.25, 0.3) is 0 Å². The van der Waals surface area contributed by atoms with Crippen LogP contribution in [0.15, 0.2) is 73.1 Å². The van der Waals surface area contributed by atoms with Gasteiger partial charge >= 0.3 is 11.6 Å². The van der Waals surface area contributed by atoms with Gasteiger partial charge in [0, 0.05) is 11.9 Å². The molecule has 0 radical (unpaired) electrons. The molecule has 0 unspecified atom stereocenters. The first-order valence-electron chi connectivity index (χ1n) is 9.57. The van der Waals surface area contributed by atoms with Gasteiger partial charge in [-0.2, -0.15) is 4.98 Å². The van der Waals surface area contributed by atoms with Crippen molar-refractivity contribution in [2.45, 2.75) is 13.8 Å². The van der Waals surface area contributed by atoms with E-state index < -0.39 is 4.92 Å². The van der Waals surface area contributed by atoms with Gasteiger partial charge in [0.2, 0.25) is 5.82 Å². The van der Waals surface area contributed by atoms with Gasteiger partial charge in [0.1, 0.15) is 12.1 Å². The summed E-state index contributed by atoms with van der Waals surface area (Å²) in [6.45, 7) is 4.36. The van der Waals surface area contributed by atoms with Crippen LogP contribution in [-0.4, -0.2) is 21.4 Å². The van der Waals surface area contributed by atoms with Crippen molar-refractivity contribution in [3.63, 3.8) is 0 Å². The monoisotopic (exact) mass is 400 g/mol. The highest BCUT2D eigenvalue weighted by atomic mass is 16.6. The minimum absolute atomic E-state index is 0.0902. The van der Waals surface area contributed by atoms with Crippen molar-refractivity contribution in [1.29, 1.82) is 0 Å². The molecule has 0 saturated heterocycles. The lowest BCUT2D eigenvalue weighted by Gasteiger charge is -2.23. The largest absolute Gasteiger partial charge is 0.434 e. The molecule has 7 nitrogen and oxygen atoms in total. The number of benzene rings is 3. The molecule has 0 spiro atoms. The molecule has 0 aliphatic heterocycles. The second kappa shape index (κ2) is 8.16. The van der Waals surface area contributed by atoms with Gasteiger partial charge in [-0.1, -0.05) is 54.1 Å². The van der Waals surface area contributed by atoms with E-state index in [-0.39, 0.29) is 17.4 Å². The Morgan fingerprint density at radius 2 is 1.73 bits per heavy atom. The molecule has 30 heavy (non-hydrogen) atoms. The number of hydrogen-bond donors (Lipinski definition) is 0. The number of nitro groups is 1. The summed E-state index contributed by atoms with van der Waals surface area (Å²) < 4.78 is 5.77. The highest BCUT2D eigenvalue weighted by molar-refractivity contribution is 5.96. The van der Waals surface area contributed by atoms with E-state index in [1.807, 2.05) is 73.3 Å². The molecular weight excluding hydrogens is 380 g/mol. The van der Waals surface area contributed by atoms with Gasteiger partial charge in [-0.15, -0.1) is 0 Å². The first kappa shape index (κ1) is 19.3. The number of hydrogen-bond acceptors (Lipinski definition) is 6. The Morgan fingerprint density at radius 3 is 2.47 bits per heavy atom. The summed E-state index contributed by atoms with van der Waals surface area (Å²) in [5.41, 5.74) is 1.62. The Morgan fingerprint density at radius 1 is 1.00 bits per heavy atom. The van der Waals surface area contributed by atoms with E-state index in [9.17, 15) is 10.1 Å². The molecular formula is C23H20N4O3. The molecule has 7 heteroatoms. The summed E-state index contributed by atoms with van der Waals surface area (Å²) in [5.74, 6) is 0.574. The number of aryl methyl sites for hydroxylation is 1. The predicted molar refractivity (Wildman–Crippen MR) is 117 cm³/mol. The number of anilines is 2. The fourth-order valence-corrected chi connectivity index (χ4v) is 3.38. The third-order valence-corrected chi connectivity index (χ3v) is 4.82. The molecule has 0 saturated carbocycles. The zero-order chi connectivity index (χ0) is 21.1. The second-order valence-corrected chi connectivity index (χ2v) is 6.77. The molecule has 1 heterocycles. The van der Waals surface area contributed by atoms with E-state index >= 15 is 0 Å². The van der Waals surface area contributed by atoms with Gasteiger partial charge in [-0.25, -0.2) is 4.98 Å². The first-order valence-corrected chi connectivity index (χ1v) is 9.57. The van der Waals surface area contributed by atoms with Gasteiger partial charge in [-0.05, 0) is 37.4 Å². The summed E-state index contributed by atoms with van der Waals surface area (Å²) in [6.07, 6.45) is 1.29. The molecule has 3 aromatic carbocycles. The second-order valence-electron chi connectivity index (χ2n) is 6.77. The lowest BCUT2D eigenvalue weighted by molar-refractivity contribution is -0.385. The molecule has 0 fully saturated rings. The lowest BCUT2D eigenvalue weighted by Crippen LogP contribution is -2.19. The van der Waals surface area contributed by atoms with Crippen LogP contribution in [-0.2, 0) is 0 Å². The quantitative estimate of drug-likeness (QED) is 0.301. The maximum absolute atomic E-state index is 12.0. The average molecular weight is 400 g/mol. The van der Waals surface area contributed by atoms with Crippen LogP contribution in [0.3, 0.4) is 0 Å². The van der Waals surface area contributed by atoms with Crippen molar-refractivity contribution in [3.8, 4) is 11.6 Å². The molecule has 0 atom stereocenters. The fourth-order valence-electron chi connectivity index (χ4n) is 3.38. The zero-order valence-corrected chi connectivity index (χ0v) is 16.6. The number of ether oxygens (including phenoxy) is 1. The van der Waals surface area contributed by atoms with Crippen molar-refractivity contribution >= 4 is 28.0 Å². The molecule has 150 valence electrons. The Labute approximate surface area is 173 Å². The van der Waals surface area contributed by atoms with Crippen LogP contribution in [0.1, 0.15) is 12.5 Å². The standard InChI is InChI=1S/C23H20N4O3/c1-3-26(20-10-6-8-17-7-4-5-9-19(17)20)22-21(27(28)29)23(25-15-24-22)30-18-13-11-16(2)12-14-18/h4-15H,3H2,1-2H3. The minimum Gasteiger partial charge on any atom is -0.434 e. The minimum atomic E-state index is -0.493. The molecule has 0 aliphatic carbocycles. The topological polar surface area (TPSA) is 81.4 Å². The lowest BCUT2D eigenvalue weighted by atomic mass is 10.1. The summed E-state index contributed by atoms with van der Waals surface area (Å²) >= 11 is 0.